The molecule has 4 aromatic carbocycles. The molecule has 0 spiro atoms. The van der Waals surface area contributed by atoms with E-state index in [2.05, 4.69) is 13.8 Å². The van der Waals surface area contributed by atoms with Gasteiger partial charge in [-0.2, -0.15) is 0 Å². The summed E-state index contributed by atoms with van der Waals surface area (Å²) in [7, 11) is 0. The van der Waals surface area contributed by atoms with Gasteiger partial charge in [-0.3, -0.25) is 9.59 Å². The number of unbranched alkanes of at least 4 members (excludes halogenated alkanes) is 2. The van der Waals surface area contributed by atoms with Crippen molar-refractivity contribution < 1.29 is 34.4 Å². The molecule has 0 saturated heterocycles. The van der Waals surface area contributed by atoms with E-state index in [1.165, 1.54) is 6.07 Å². The standard InChI is InChI=1S/C34H33NO7/c1-3-5-7-19-9-13-21(14-10-19)41-25-17-23(35)27-29(31(25)37)34(40)28-24(36)18-26(32(38)30(28)33(27)39)42-22-15-11-20(12-16-22)8-6-4-2/h9-18,36-38H,3-8,35H2,1-2H3. The third kappa shape index (κ3) is 5.35. The second kappa shape index (κ2) is 11.9. The predicted octanol–water partition coefficient (Wildman–Crippen LogP) is 7.43. The lowest BCUT2D eigenvalue weighted by atomic mass is 9.81. The number of nitrogens with two attached hydrogens (primary N) is 1. The summed E-state index contributed by atoms with van der Waals surface area (Å²) in [6.45, 7) is 4.23. The van der Waals surface area contributed by atoms with Gasteiger partial charge in [0.2, 0.25) is 11.6 Å². The van der Waals surface area contributed by atoms with E-state index >= 15 is 0 Å². The summed E-state index contributed by atoms with van der Waals surface area (Å²) in [5, 5.41) is 33.0. The summed E-state index contributed by atoms with van der Waals surface area (Å²) >= 11 is 0. The number of nitrogen functional groups attached to an aromatic ring is 1. The topological polar surface area (TPSA) is 139 Å². The van der Waals surface area contributed by atoms with Gasteiger partial charge in [0, 0.05) is 17.8 Å². The van der Waals surface area contributed by atoms with Gasteiger partial charge in [-0.05, 0) is 61.1 Å². The lowest BCUT2D eigenvalue weighted by molar-refractivity contribution is 0.0971. The zero-order chi connectivity index (χ0) is 30.0. The lowest BCUT2D eigenvalue weighted by Gasteiger charge is -2.24. The van der Waals surface area contributed by atoms with Crippen molar-refractivity contribution in [3.8, 4) is 40.2 Å². The van der Waals surface area contributed by atoms with Gasteiger partial charge in [0.15, 0.2) is 23.0 Å². The van der Waals surface area contributed by atoms with Gasteiger partial charge < -0.3 is 30.5 Å². The molecule has 1 aliphatic rings. The van der Waals surface area contributed by atoms with E-state index in [0.717, 1.165) is 55.7 Å². The molecule has 0 atom stereocenters. The van der Waals surface area contributed by atoms with Crippen LogP contribution in [0.4, 0.5) is 5.69 Å². The average Bonchev–Trinajstić information content (AvgIpc) is 2.98. The maximum atomic E-state index is 13.6. The summed E-state index contributed by atoms with van der Waals surface area (Å²) < 4.78 is 11.6. The Morgan fingerprint density at radius 1 is 0.619 bits per heavy atom. The van der Waals surface area contributed by atoms with Crippen LogP contribution in [0.1, 0.15) is 82.5 Å². The number of hydrogen-bond donors (Lipinski definition) is 4. The van der Waals surface area contributed by atoms with Crippen molar-refractivity contribution in [3.63, 3.8) is 0 Å². The molecule has 0 aromatic heterocycles. The lowest BCUT2D eigenvalue weighted by Crippen LogP contribution is -2.23. The van der Waals surface area contributed by atoms with Crippen molar-refractivity contribution in [2.24, 2.45) is 0 Å². The summed E-state index contributed by atoms with van der Waals surface area (Å²) in [5.41, 5.74) is 6.73. The summed E-state index contributed by atoms with van der Waals surface area (Å²) in [4.78, 5) is 27.2. The van der Waals surface area contributed by atoms with Crippen molar-refractivity contribution in [1.29, 1.82) is 0 Å². The van der Waals surface area contributed by atoms with E-state index in [1.54, 1.807) is 24.3 Å². The Hall–Kier alpha value is -4.98. The molecule has 216 valence electrons. The molecule has 0 saturated carbocycles. The number of anilines is 1. The number of aryl methyl sites for hydroxylation is 2. The normalized spacial score (nSPS) is 12.1. The number of rotatable bonds is 10. The van der Waals surface area contributed by atoms with Crippen LogP contribution in [0.3, 0.4) is 0 Å². The fourth-order valence-corrected chi connectivity index (χ4v) is 5.09. The van der Waals surface area contributed by atoms with Crippen LogP contribution in [0.15, 0.2) is 60.7 Å². The van der Waals surface area contributed by atoms with E-state index in [-0.39, 0.29) is 22.7 Å². The highest BCUT2D eigenvalue weighted by molar-refractivity contribution is 6.33. The van der Waals surface area contributed by atoms with Crippen LogP contribution in [-0.4, -0.2) is 26.9 Å². The highest BCUT2D eigenvalue weighted by Crippen LogP contribution is 2.49. The van der Waals surface area contributed by atoms with Crippen molar-refractivity contribution >= 4 is 17.3 Å². The maximum absolute atomic E-state index is 13.6. The third-order valence-corrected chi connectivity index (χ3v) is 7.39. The highest BCUT2D eigenvalue weighted by atomic mass is 16.5. The number of phenolic OH excluding ortho intramolecular Hbond substituents is 3. The molecular formula is C34H33NO7. The van der Waals surface area contributed by atoms with Gasteiger partial charge in [0.1, 0.15) is 17.2 Å². The first-order valence-electron chi connectivity index (χ1n) is 14.1. The minimum absolute atomic E-state index is 0.122. The van der Waals surface area contributed by atoms with Crippen LogP contribution in [0, 0.1) is 0 Å². The van der Waals surface area contributed by atoms with Gasteiger partial charge in [-0.25, -0.2) is 0 Å². The monoisotopic (exact) mass is 567 g/mol. The number of ether oxygens (including phenoxy) is 2. The van der Waals surface area contributed by atoms with Crippen molar-refractivity contribution in [3.05, 3.63) is 94.0 Å². The SMILES string of the molecule is CCCCc1ccc(Oc2cc(N)c3c(c2O)C(=O)c2c(O)cc(Oc4ccc(CCCC)cc4)c(O)c2C3=O)cc1. The van der Waals surface area contributed by atoms with Crippen LogP contribution in [0.25, 0.3) is 0 Å². The highest BCUT2D eigenvalue weighted by Gasteiger charge is 2.40. The smallest absolute Gasteiger partial charge is 0.202 e. The molecule has 0 amide bonds. The van der Waals surface area contributed by atoms with Crippen LogP contribution >= 0.6 is 0 Å². The molecular weight excluding hydrogens is 534 g/mol. The molecule has 0 bridgehead atoms. The van der Waals surface area contributed by atoms with E-state index in [9.17, 15) is 24.9 Å². The largest absolute Gasteiger partial charge is 0.507 e. The molecule has 0 unspecified atom stereocenters. The number of aromatic hydroxyl groups is 3. The van der Waals surface area contributed by atoms with E-state index in [0.29, 0.717) is 11.5 Å². The summed E-state index contributed by atoms with van der Waals surface area (Å²) in [5.74, 6) is -3.09. The second-order valence-electron chi connectivity index (χ2n) is 10.4. The van der Waals surface area contributed by atoms with Gasteiger partial charge in [-0.1, -0.05) is 51.0 Å². The quantitative estimate of drug-likeness (QED) is 0.101. The Morgan fingerprint density at radius 2 is 1.05 bits per heavy atom. The number of fused-ring (bicyclic) bond motifs is 2. The predicted molar refractivity (Wildman–Crippen MR) is 159 cm³/mol. The molecule has 42 heavy (non-hydrogen) atoms. The number of benzene rings is 4. The molecule has 8 heteroatoms. The average molecular weight is 568 g/mol. The number of hydrogen-bond acceptors (Lipinski definition) is 8. The first-order valence-corrected chi connectivity index (χ1v) is 14.1. The van der Waals surface area contributed by atoms with Crippen LogP contribution < -0.4 is 15.2 Å². The first kappa shape index (κ1) is 28.5. The van der Waals surface area contributed by atoms with E-state index in [1.807, 2.05) is 24.3 Å². The fourth-order valence-electron chi connectivity index (χ4n) is 5.09. The molecule has 8 nitrogen and oxygen atoms in total. The molecule has 5 N–H and O–H groups in total. The minimum atomic E-state index is -0.885. The summed E-state index contributed by atoms with van der Waals surface area (Å²) in [6.07, 6.45) is 6.10. The Morgan fingerprint density at radius 3 is 1.52 bits per heavy atom. The van der Waals surface area contributed by atoms with Gasteiger partial charge in [0.25, 0.3) is 0 Å². The number of carbonyl (C=O) groups is 2. The fraction of sp³-hybridized carbons (Fsp3) is 0.235. The molecule has 0 heterocycles. The number of carbonyl (C=O) groups excluding carboxylic acids is 2. The molecule has 0 aliphatic heterocycles. The third-order valence-electron chi connectivity index (χ3n) is 7.39. The van der Waals surface area contributed by atoms with Crippen molar-refractivity contribution in [2.75, 3.05) is 5.73 Å². The van der Waals surface area contributed by atoms with Crippen molar-refractivity contribution in [2.45, 2.75) is 52.4 Å². The minimum Gasteiger partial charge on any atom is -0.507 e. The Labute approximate surface area is 244 Å². The zero-order valence-electron chi connectivity index (χ0n) is 23.6. The molecule has 4 aromatic rings. The Bertz CT molecular complexity index is 1530. The number of ketones is 2. The molecule has 0 fully saturated rings. The first-order chi connectivity index (χ1) is 20.2. The van der Waals surface area contributed by atoms with E-state index < -0.39 is 45.5 Å². The van der Waals surface area contributed by atoms with Crippen LogP contribution in [0.2, 0.25) is 0 Å². The number of phenols is 3. The van der Waals surface area contributed by atoms with Crippen LogP contribution in [0.5, 0.6) is 40.2 Å². The Kier molecular flexibility index (Phi) is 8.06. The van der Waals surface area contributed by atoms with E-state index in [4.69, 9.17) is 15.2 Å². The Balaban J connectivity index is 1.47. The zero-order valence-corrected chi connectivity index (χ0v) is 23.6. The maximum Gasteiger partial charge on any atom is 0.202 e. The van der Waals surface area contributed by atoms with Crippen LogP contribution in [-0.2, 0) is 12.8 Å². The molecule has 1 aliphatic carbocycles. The molecule has 0 radical (unpaired) electrons. The van der Waals surface area contributed by atoms with Crippen molar-refractivity contribution in [1.82, 2.24) is 0 Å². The summed E-state index contributed by atoms with van der Waals surface area (Å²) in [6, 6.07) is 16.9. The molecule has 5 rings (SSSR count). The second-order valence-corrected chi connectivity index (χ2v) is 10.4. The van der Waals surface area contributed by atoms with Gasteiger partial charge >= 0.3 is 0 Å². The van der Waals surface area contributed by atoms with Gasteiger partial charge in [-0.15, -0.1) is 0 Å². The van der Waals surface area contributed by atoms with Gasteiger partial charge in [0.05, 0.1) is 22.3 Å².